The molecule has 100 valence electrons. The number of furan rings is 1. The monoisotopic (exact) mass is 324 g/mol. The normalized spacial score (nSPS) is 10.9. The van der Waals surface area contributed by atoms with Crippen LogP contribution < -0.4 is 0 Å². The molecule has 0 aliphatic rings. The second kappa shape index (κ2) is 5.13. The maximum atomic E-state index is 12.4. The molecule has 2 nitrogen and oxygen atoms in total. The Labute approximate surface area is 129 Å². The lowest BCUT2D eigenvalue weighted by molar-refractivity contribution is 0.101. The largest absolute Gasteiger partial charge is 0.453 e. The average Bonchev–Trinajstić information content (AvgIpc) is 2.81. The molecule has 0 aliphatic heterocycles. The highest BCUT2D eigenvalue weighted by Crippen LogP contribution is 2.30. The van der Waals surface area contributed by atoms with Crippen LogP contribution in [0.5, 0.6) is 0 Å². The summed E-state index contributed by atoms with van der Waals surface area (Å²) in [7, 11) is 0. The molecule has 0 saturated heterocycles. The van der Waals surface area contributed by atoms with Gasteiger partial charge in [-0.1, -0.05) is 40.9 Å². The van der Waals surface area contributed by atoms with Gasteiger partial charge in [0.15, 0.2) is 5.76 Å². The molecular formula is C15H7Cl3O2. The topological polar surface area (TPSA) is 30.2 Å². The van der Waals surface area contributed by atoms with Crippen LogP contribution in [0.4, 0.5) is 0 Å². The van der Waals surface area contributed by atoms with Crippen LogP contribution in [0.1, 0.15) is 16.1 Å². The summed E-state index contributed by atoms with van der Waals surface area (Å²) in [6.45, 7) is 0. The van der Waals surface area contributed by atoms with Gasteiger partial charge in [0.05, 0.1) is 15.6 Å². The van der Waals surface area contributed by atoms with E-state index in [1.165, 1.54) is 0 Å². The number of carbonyl (C=O) groups is 1. The molecule has 20 heavy (non-hydrogen) atoms. The summed E-state index contributed by atoms with van der Waals surface area (Å²) in [4.78, 5) is 12.4. The van der Waals surface area contributed by atoms with Gasteiger partial charge in [0.2, 0.25) is 5.78 Å². The van der Waals surface area contributed by atoms with Crippen LogP contribution >= 0.6 is 34.8 Å². The first-order valence-corrected chi connectivity index (χ1v) is 6.87. The molecule has 3 rings (SSSR count). The Hall–Kier alpha value is -1.48. The van der Waals surface area contributed by atoms with Crippen molar-refractivity contribution >= 4 is 51.6 Å². The van der Waals surface area contributed by atoms with E-state index >= 15 is 0 Å². The Morgan fingerprint density at radius 3 is 2.35 bits per heavy atom. The van der Waals surface area contributed by atoms with Crippen LogP contribution in [0.3, 0.4) is 0 Å². The molecule has 0 N–H and O–H groups in total. The van der Waals surface area contributed by atoms with Gasteiger partial charge in [-0.2, -0.15) is 0 Å². The summed E-state index contributed by atoms with van der Waals surface area (Å²) in [5, 5.41) is 1.92. The number of fused-ring (bicyclic) bond motifs is 1. The quantitative estimate of drug-likeness (QED) is 0.572. The lowest BCUT2D eigenvalue weighted by atomic mass is 10.1. The minimum absolute atomic E-state index is 0.178. The van der Waals surface area contributed by atoms with Crippen molar-refractivity contribution in [3.8, 4) is 0 Å². The molecule has 0 aliphatic carbocycles. The highest BCUT2D eigenvalue weighted by Gasteiger charge is 2.20. The van der Waals surface area contributed by atoms with Gasteiger partial charge < -0.3 is 4.42 Å². The number of ketones is 1. The van der Waals surface area contributed by atoms with E-state index in [0.29, 0.717) is 20.7 Å². The lowest BCUT2D eigenvalue weighted by Gasteiger charge is -2.03. The maximum absolute atomic E-state index is 12.4. The van der Waals surface area contributed by atoms with Gasteiger partial charge in [-0.3, -0.25) is 4.79 Å². The van der Waals surface area contributed by atoms with Gasteiger partial charge in [0, 0.05) is 10.4 Å². The molecule has 1 aromatic heterocycles. The van der Waals surface area contributed by atoms with Gasteiger partial charge in [-0.05, 0) is 36.4 Å². The average molecular weight is 326 g/mol. The highest BCUT2D eigenvalue weighted by atomic mass is 35.5. The predicted octanol–water partition coefficient (Wildman–Crippen LogP) is 5.62. The third-order valence-corrected chi connectivity index (χ3v) is 3.76. The van der Waals surface area contributed by atoms with E-state index in [2.05, 4.69) is 0 Å². The molecule has 0 radical (unpaired) electrons. The minimum atomic E-state index is -0.354. The van der Waals surface area contributed by atoms with E-state index in [0.717, 1.165) is 5.39 Å². The first-order chi connectivity index (χ1) is 9.56. The fourth-order valence-corrected chi connectivity index (χ4v) is 2.71. The number of halogens is 3. The Bertz CT molecular complexity index is 801. The number of hydrogen-bond donors (Lipinski definition) is 0. The molecule has 1 heterocycles. The third kappa shape index (κ3) is 2.31. The van der Waals surface area contributed by atoms with Gasteiger partial charge in [0.25, 0.3) is 0 Å². The van der Waals surface area contributed by atoms with Crippen molar-refractivity contribution in [1.29, 1.82) is 0 Å². The van der Waals surface area contributed by atoms with E-state index < -0.39 is 0 Å². The first-order valence-electron chi connectivity index (χ1n) is 5.74. The Kier molecular flexibility index (Phi) is 3.47. The first kappa shape index (κ1) is 13.5. The molecule has 0 unspecified atom stereocenters. The second-order valence-corrected chi connectivity index (χ2v) is 5.47. The van der Waals surface area contributed by atoms with E-state index in [9.17, 15) is 4.79 Å². The van der Waals surface area contributed by atoms with Crippen LogP contribution in [0.25, 0.3) is 11.0 Å². The highest BCUT2D eigenvalue weighted by molar-refractivity contribution is 6.40. The van der Waals surface area contributed by atoms with E-state index in [1.807, 2.05) is 0 Å². The second-order valence-electron chi connectivity index (χ2n) is 4.22. The van der Waals surface area contributed by atoms with Crippen LogP contribution in [-0.4, -0.2) is 5.78 Å². The third-order valence-electron chi connectivity index (χ3n) is 2.89. The van der Waals surface area contributed by atoms with E-state index in [-0.39, 0.29) is 17.1 Å². The van der Waals surface area contributed by atoms with Crippen LogP contribution in [-0.2, 0) is 0 Å². The summed E-state index contributed by atoms with van der Waals surface area (Å²) in [6.07, 6.45) is 0. The Morgan fingerprint density at radius 1 is 0.950 bits per heavy atom. The number of rotatable bonds is 2. The zero-order chi connectivity index (χ0) is 14.3. The number of benzene rings is 2. The zero-order valence-corrected chi connectivity index (χ0v) is 12.3. The summed E-state index contributed by atoms with van der Waals surface area (Å²) in [5.41, 5.74) is 0.821. The molecule has 0 saturated carbocycles. The van der Waals surface area contributed by atoms with Crippen LogP contribution in [0.15, 0.2) is 46.9 Å². The SMILES string of the molecule is O=C(c1cc2cc(Cl)ccc2o1)c1c(Cl)cccc1Cl. The van der Waals surface area contributed by atoms with Crippen molar-refractivity contribution in [2.45, 2.75) is 0 Å². The van der Waals surface area contributed by atoms with Crippen molar-refractivity contribution in [2.75, 3.05) is 0 Å². The lowest BCUT2D eigenvalue weighted by Crippen LogP contribution is -2.01. The number of carbonyl (C=O) groups excluding carboxylic acids is 1. The molecule has 0 atom stereocenters. The van der Waals surface area contributed by atoms with Gasteiger partial charge in [-0.15, -0.1) is 0 Å². The standard InChI is InChI=1S/C15H7Cl3O2/c16-9-4-5-12-8(6-9)7-13(20-12)15(19)14-10(17)2-1-3-11(14)18/h1-7H. The minimum Gasteiger partial charge on any atom is -0.453 e. The molecule has 0 spiro atoms. The predicted molar refractivity (Wildman–Crippen MR) is 81.1 cm³/mol. The van der Waals surface area contributed by atoms with Crippen molar-refractivity contribution in [3.05, 3.63) is 68.9 Å². The summed E-state index contributed by atoms with van der Waals surface area (Å²) in [6, 6.07) is 11.7. The van der Waals surface area contributed by atoms with Crippen LogP contribution in [0.2, 0.25) is 15.1 Å². The van der Waals surface area contributed by atoms with Crippen molar-refractivity contribution in [2.24, 2.45) is 0 Å². The van der Waals surface area contributed by atoms with Crippen molar-refractivity contribution < 1.29 is 9.21 Å². The number of hydrogen-bond acceptors (Lipinski definition) is 2. The van der Waals surface area contributed by atoms with Gasteiger partial charge >= 0.3 is 0 Å². The fourth-order valence-electron chi connectivity index (χ4n) is 1.96. The van der Waals surface area contributed by atoms with Crippen LogP contribution in [0, 0.1) is 0 Å². The molecular weight excluding hydrogens is 319 g/mol. The Balaban J connectivity index is 2.13. The molecule has 5 heteroatoms. The molecule has 2 aromatic carbocycles. The van der Waals surface area contributed by atoms with Crippen molar-refractivity contribution in [1.82, 2.24) is 0 Å². The molecule has 0 bridgehead atoms. The maximum Gasteiger partial charge on any atom is 0.231 e. The summed E-state index contributed by atoms with van der Waals surface area (Å²) >= 11 is 18.0. The zero-order valence-electron chi connectivity index (χ0n) is 9.99. The van der Waals surface area contributed by atoms with E-state index in [4.69, 9.17) is 39.2 Å². The van der Waals surface area contributed by atoms with Crippen molar-refractivity contribution in [3.63, 3.8) is 0 Å². The summed E-state index contributed by atoms with van der Waals surface area (Å²) in [5.74, 6) is -0.176. The van der Waals surface area contributed by atoms with Gasteiger partial charge in [-0.25, -0.2) is 0 Å². The van der Waals surface area contributed by atoms with Gasteiger partial charge in [0.1, 0.15) is 5.58 Å². The van der Waals surface area contributed by atoms with E-state index in [1.54, 1.807) is 42.5 Å². The molecule has 0 amide bonds. The fraction of sp³-hybridized carbons (Fsp3) is 0. The Morgan fingerprint density at radius 2 is 1.65 bits per heavy atom. The summed E-state index contributed by atoms with van der Waals surface area (Å²) < 4.78 is 5.52. The molecule has 0 fully saturated rings. The smallest absolute Gasteiger partial charge is 0.231 e. The molecule has 3 aromatic rings.